The number of aryl methyl sites for hydroxylation is 1. The van der Waals surface area contributed by atoms with E-state index in [1.165, 1.54) is 63.4 Å². The van der Waals surface area contributed by atoms with Crippen LogP contribution in [-0.4, -0.2) is 6.04 Å². The second kappa shape index (κ2) is 8.34. The summed E-state index contributed by atoms with van der Waals surface area (Å²) >= 11 is 0. The highest BCUT2D eigenvalue weighted by Crippen LogP contribution is 2.27. The molecule has 1 aliphatic rings. The lowest BCUT2D eigenvalue weighted by Gasteiger charge is -2.25. The van der Waals surface area contributed by atoms with Crippen molar-refractivity contribution in [1.82, 2.24) is 5.43 Å². The summed E-state index contributed by atoms with van der Waals surface area (Å²) in [5, 5.41) is 0. The van der Waals surface area contributed by atoms with Gasteiger partial charge in [0.2, 0.25) is 0 Å². The van der Waals surface area contributed by atoms with Gasteiger partial charge in [0.15, 0.2) is 0 Å². The fourth-order valence-corrected chi connectivity index (χ4v) is 3.34. The maximum atomic E-state index is 5.78. The van der Waals surface area contributed by atoms with Crippen molar-refractivity contribution in [2.24, 2.45) is 11.8 Å². The second-order valence-corrected chi connectivity index (χ2v) is 5.90. The minimum atomic E-state index is 0.516. The molecule has 1 aromatic rings. The van der Waals surface area contributed by atoms with E-state index in [0.717, 1.165) is 5.92 Å². The Morgan fingerprint density at radius 2 is 1.74 bits per heavy atom. The van der Waals surface area contributed by atoms with Crippen molar-refractivity contribution in [2.45, 2.75) is 63.8 Å². The van der Waals surface area contributed by atoms with Gasteiger partial charge in [-0.2, -0.15) is 0 Å². The summed E-state index contributed by atoms with van der Waals surface area (Å²) in [5.74, 6) is 6.58. The van der Waals surface area contributed by atoms with Gasteiger partial charge in [-0.1, -0.05) is 56.0 Å². The molecule has 0 aliphatic heterocycles. The van der Waals surface area contributed by atoms with Crippen LogP contribution in [0.5, 0.6) is 0 Å². The molecule has 0 bridgehead atoms. The molecule has 0 amide bonds. The van der Waals surface area contributed by atoms with Crippen molar-refractivity contribution < 1.29 is 0 Å². The van der Waals surface area contributed by atoms with E-state index in [0.29, 0.717) is 6.04 Å². The van der Waals surface area contributed by atoms with Gasteiger partial charge in [-0.25, -0.2) is 0 Å². The predicted molar refractivity (Wildman–Crippen MR) is 81.7 cm³/mol. The molecule has 3 N–H and O–H groups in total. The molecule has 2 heteroatoms. The van der Waals surface area contributed by atoms with E-state index < -0.39 is 0 Å². The summed E-state index contributed by atoms with van der Waals surface area (Å²) in [5.41, 5.74) is 4.53. The maximum Gasteiger partial charge on any atom is 0.0238 e. The Morgan fingerprint density at radius 3 is 2.37 bits per heavy atom. The van der Waals surface area contributed by atoms with Crippen LogP contribution in [0, 0.1) is 5.92 Å². The Bertz CT molecular complexity index is 328. The molecule has 106 valence electrons. The van der Waals surface area contributed by atoms with Gasteiger partial charge in [0.25, 0.3) is 0 Å². The predicted octanol–water partition coefficient (Wildman–Crippen LogP) is 3.81. The van der Waals surface area contributed by atoms with Gasteiger partial charge in [0, 0.05) is 6.04 Å². The lowest BCUT2D eigenvalue weighted by atomic mass is 9.88. The van der Waals surface area contributed by atoms with Crippen molar-refractivity contribution in [2.75, 3.05) is 0 Å². The number of hydrogen-bond acceptors (Lipinski definition) is 2. The fraction of sp³-hybridized carbons (Fsp3) is 0.647. The van der Waals surface area contributed by atoms with Gasteiger partial charge in [-0.15, -0.1) is 0 Å². The topological polar surface area (TPSA) is 38.0 Å². The summed E-state index contributed by atoms with van der Waals surface area (Å²) in [6.07, 6.45) is 11.9. The third kappa shape index (κ3) is 4.96. The molecule has 19 heavy (non-hydrogen) atoms. The van der Waals surface area contributed by atoms with E-state index in [1.54, 1.807) is 0 Å². The normalized spacial score (nSPS) is 19.0. The minimum absolute atomic E-state index is 0.516. The molecule has 1 saturated carbocycles. The molecule has 0 saturated heterocycles. The van der Waals surface area contributed by atoms with Crippen molar-refractivity contribution in [3.63, 3.8) is 0 Å². The molecule has 1 atom stereocenters. The van der Waals surface area contributed by atoms with E-state index in [4.69, 9.17) is 5.84 Å². The van der Waals surface area contributed by atoms with Gasteiger partial charge in [-0.05, 0) is 43.6 Å². The third-order valence-corrected chi connectivity index (χ3v) is 4.51. The molecule has 0 spiro atoms. The van der Waals surface area contributed by atoms with Gasteiger partial charge >= 0.3 is 0 Å². The van der Waals surface area contributed by atoms with Crippen molar-refractivity contribution in [1.29, 1.82) is 0 Å². The van der Waals surface area contributed by atoms with Crippen LogP contribution < -0.4 is 11.3 Å². The number of nitrogens with one attached hydrogen (secondary N) is 1. The summed E-state index contributed by atoms with van der Waals surface area (Å²) in [7, 11) is 0. The van der Waals surface area contributed by atoms with Crippen LogP contribution in [0.1, 0.15) is 56.9 Å². The van der Waals surface area contributed by atoms with E-state index in [9.17, 15) is 0 Å². The van der Waals surface area contributed by atoms with Crippen LogP contribution in [0.15, 0.2) is 30.3 Å². The Morgan fingerprint density at radius 1 is 1.05 bits per heavy atom. The van der Waals surface area contributed by atoms with Crippen molar-refractivity contribution in [3.8, 4) is 0 Å². The standard InChI is InChI=1S/C17H28N2/c18-19-17(16-12-6-1-2-7-13-16)14-8-11-15-9-4-3-5-10-15/h3-5,9-10,16-17,19H,1-2,6-8,11-14,18H2. The molecule has 0 aromatic heterocycles. The zero-order valence-electron chi connectivity index (χ0n) is 12.0. The summed E-state index contributed by atoms with van der Waals surface area (Å²) in [6.45, 7) is 0. The Balaban J connectivity index is 1.75. The number of rotatable bonds is 6. The molecular weight excluding hydrogens is 232 g/mol. The summed E-state index contributed by atoms with van der Waals surface area (Å²) in [6, 6.07) is 11.3. The van der Waals surface area contributed by atoms with E-state index in [-0.39, 0.29) is 0 Å². The second-order valence-electron chi connectivity index (χ2n) is 5.90. The highest BCUT2D eigenvalue weighted by atomic mass is 15.2. The number of nitrogens with two attached hydrogens (primary N) is 1. The molecule has 1 unspecified atom stereocenters. The molecule has 2 nitrogen and oxygen atoms in total. The van der Waals surface area contributed by atoms with E-state index in [1.807, 2.05) is 0 Å². The number of hydrogen-bond donors (Lipinski definition) is 2. The first kappa shape index (κ1) is 14.5. The molecule has 0 heterocycles. The first-order valence-corrected chi connectivity index (χ1v) is 7.90. The molecule has 1 aliphatic carbocycles. The lowest BCUT2D eigenvalue weighted by molar-refractivity contribution is 0.303. The van der Waals surface area contributed by atoms with Gasteiger partial charge in [0.1, 0.15) is 0 Å². The van der Waals surface area contributed by atoms with Crippen molar-refractivity contribution >= 4 is 0 Å². The fourth-order valence-electron chi connectivity index (χ4n) is 3.34. The highest BCUT2D eigenvalue weighted by Gasteiger charge is 2.21. The van der Waals surface area contributed by atoms with Crippen LogP contribution >= 0.6 is 0 Å². The zero-order chi connectivity index (χ0) is 13.3. The monoisotopic (exact) mass is 260 g/mol. The largest absolute Gasteiger partial charge is 0.271 e. The van der Waals surface area contributed by atoms with Crippen LogP contribution in [0.2, 0.25) is 0 Å². The average Bonchev–Trinajstić information content (AvgIpc) is 2.74. The lowest BCUT2D eigenvalue weighted by Crippen LogP contribution is -2.40. The van der Waals surface area contributed by atoms with Gasteiger partial charge in [0.05, 0.1) is 0 Å². The third-order valence-electron chi connectivity index (χ3n) is 4.51. The summed E-state index contributed by atoms with van der Waals surface area (Å²) < 4.78 is 0. The van der Waals surface area contributed by atoms with Crippen LogP contribution in [-0.2, 0) is 6.42 Å². The quantitative estimate of drug-likeness (QED) is 0.464. The molecule has 1 aromatic carbocycles. The van der Waals surface area contributed by atoms with Crippen LogP contribution in [0.4, 0.5) is 0 Å². The summed E-state index contributed by atoms with van der Waals surface area (Å²) in [4.78, 5) is 0. The van der Waals surface area contributed by atoms with E-state index in [2.05, 4.69) is 35.8 Å². The van der Waals surface area contributed by atoms with Crippen LogP contribution in [0.25, 0.3) is 0 Å². The average molecular weight is 260 g/mol. The minimum Gasteiger partial charge on any atom is -0.271 e. The van der Waals surface area contributed by atoms with E-state index >= 15 is 0 Å². The van der Waals surface area contributed by atoms with Crippen molar-refractivity contribution in [3.05, 3.63) is 35.9 Å². The highest BCUT2D eigenvalue weighted by molar-refractivity contribution is 5.14. The van der Waals surface area contributed by atoms with Crippen LogP contribution in [0.3, 0.4) is 0 Å². The number of benzene rings is 1. The number of hydrazine groups is 1. The molecule has 2 rings (SSSR count). The Kier molecular flexibility index (Phi) is 6.38. The first-order valence-electron chi connectivity index (χ1n) is 7.90. The zero-order valence-corrected chi connectivity index (χ0v) is 12.0. The molecule has 1 fully saturated rings. The smallest absolute Gasteiger partial charge is 0.0238 e. The first-order chi connectivity index (χ1) is 9.40. The SMILES string of the molecule is NNC(CCCc1ccccc1)C1CCCCCC1. The Hall–Kier alpha value is -0.860. The molecular formula is C17H28N2. The maximum absolute atomic E-state index is 5.78. The van der Waals surface area contributed by atoms with Gasteiger partial charge < -0.3 is 0 Å². The Labute approximate surface area is 117 Å². The van der Waals surface area contributed by atoms with Gasteiger partial charge in [-0.3, -0.25) is 11.3 Å². The molecule has 0 radical (unpaired) electrons.